The van der Waals surface area contributed by atoms with Crippen LogP contribution in [0, 0.1) is 0 Å². The lowest BCUT2D eigenvalue weighted by atomic mass is 10.2. The fourth-order valence-corrected chi connectivity index (χ4v) is 3.38. The maximum Gasteiger partial charge on any atom is 0.387 e. The summed E-state index contributed by atoms with van der Waals surface area (Å²) in [4.78, 5) is 11.8. The molecular weight excluding hydrogens is 324 g/mol. The van der Waals surface area contributed by atoms with Gasteiger partial charge in [-0.25, -0.2) is 0 Å². The van der Waals surface area contributed by atoms with Crippen LogP contribution in [0.3, 0.4) is 0 Å². The van der Waals surface area contributed by atoms with Crippen molar-refractivity contribution in [1.29, 1.82) is 0 Å². The molecule has 1 aliphatic rings. The molecule has 128 valence electrons. The number of nitrogens with one attached hydrogen (secondary N) is 1. The lowest BCUT2D eigenvalue weighted by Gasteiger charge is -2.12. The summed E-state index contributed by atoms with van der Waals surface area (Å²) in [7, 11) is 1.40. The third-order valence-electron chi connectivity index (χ3n) is 3.67. The molecule has 0 aliphatic heterocycles. The smallest absolute Gasteiger partial charge is 0.387 e. The average molecular weight is 345 g/mol. The molecule has 1 N–H and O–H groups in total. The van der Waals surface area contributed by atoms with Gasteiger partial charge in [0.05, 0.1) is 12.9 Å². The van der Waals surface area contributed by atoms with Crippen LogP contribution < -0.4 is 14.8 Å². The molecule has 7 heteroatoms. The van der Waals surface area contributed by atoms with Gasteiger partial charge < -0.3 is 14.8 Å². The van der Waals surface area contributed by atoms with Crippen molar-refractivity contribution in [3.63, 3.8) is 0 Å². The number of rotatable bonds is 8. The Kier molecular flexibility index (Phi) is 6.95. The van der Waals surface area contributed by atoms with Crippen molar-refractivity contribution in [3.05, 3.63) is 23.8 Å². The second-order valence-electron chi connectivity index (χ2n) is 5.41. The zero-order valence-corrected chi connectivity index (χ0v) is 13.8. The molecule has 23 heavy (non-hydrogen) atoms. The fourth-order valence-electron chi connectivity index (χ4n) is 2.60. The molecular formula is C16H21F2NO3S. The molecule has 0 atom stereocenters. The molecule has 0 heterocycles. The number of methoxy groups -OCH3 is 1. The Balaban J connectivity index is 1.79. The largest absolute Gasteiger partial charge is 0.493 e. The van der Waals surface area contributed by atoms with Crippen LogP contribution in [0.1, 0.15) is 31.2 Å². The van der Waals surface area contributed by atoms with Gasteiger partial charge in [0.15, 0.2) is 11.5 Å². The maximum absolute atomic E-state index is 12.3. The zero-order valence-electron chi connectivity index (χ0n) is 13.0. The van der Waals surface area contributed by atoms with E-state index in [0.717, 1.165) is 18.4 Å². The minimum Gasteiger partial charge on any atom is -0.493 e. The number of hydrogen-bond acceptors (Lipinski definition) is 4. The topological polar surface area (TPSA) is 47.6 Å². The maximum atomic E-state index is 12.3. The van der Waals surface area contributed by atoms with Crippen molar-refractivity contribution < 1.29 is 23.0 Å². The Morgan fingerprint density at radius 3 is 2.74 bits per heavy atom. The number of thioether (sulfide) groups is 1. The molecule has 0 aromatic heterocycles. The van der Waals surface area contributed by atoms with Crippen LogP contribution in [0.4, 0.5) is 8.78 Å². The van der Waals surface area contributed by atoms with Gasteiger partial charge in [-0.15, -0.1) is 11.8 Å². The molecule has 1 fully saturated rings. The second kappa shape index (κ2) is 8.96. The van der Waals surface area contributed by atoms with Crippen molar-refractivity contribution >= 4 is 17.7 Å². The van der Waals surface area contributed by atoms with Crippen molar-refractivity contribution in [2.45, 2.75) is 44.1 Å². The first-order valence-electron chi connectivity index (χ1n) is 7.57. The van der Waals surface area contributed by atoms with Crippen LogP contribution >= 0.6 is 11.8 Å². The monoisotopic (exact) mass is 345 g/mol. The summed E-state index contributed by atoms with van der Waals surface area (Å²) in [6.45, 7) is -2.89. The predicted molar refractivity (Wildman–Crippen MR) is 86.2 cm³/mol. The Morgan fingerprint density at radius 2 is 2.09 bits per heavy atom. The van der Waals surface area contributed by atoms with E-state index in [1.54, 1.807) is 12.1 Å². The van der Waals surface area contributed by atoms with Crippen molar-refractivity contribution in [2.24, 2.45) is 0 Å². The number of ether oxygens (including phenoxy) is 2. The quantitative estimate of drug-likeness (QED) is 0.782. The zero-order chi connectivity index (χ0) is 16.7. The molecule has 0 spiro atoms. The third-order valence-corrected chi connectivity index (χ3v) is 4.67. The predicted octanol–water partition coefficient (Wildman–Crippen LogP) is 3.59. The van der Waals surface area contributed by atoms with Gasteiger partial charge in [0.2, 0.25) is 5.91 Å². The Labute approximate surface area is 138 Å². The summed E-state index contributed by atoms with van der Waals surface area (Å²) in [6, 6.07) is 5.13. The van der Waals surface area contributed by atoms with E-state index >= 15 is 0 Å². The Hall–Kier alpha value is -1.50. The van der Waals surface area contributed by atoms with Gasteiger partial charge in [-0.2, -0.15) is 8.78 Å². The molecule has 2 rings (SSSR count). The van der Waals surface area contributed by atoms with Crippen LogP contribution in [0.5, 0.6) is 11.5 Å². The lowest BCUT2D eigenvalue weighted by Crippen LogP contribution is -2.33. The summed E-state index contributed by atoms with van der Waals surface area (Å²) in [6.07, 6.45) is 4.51. The molecule has 1 saturated carbocycles. The molecule has 0 radical (unpaired) electrons. The number of benzene rings is 1. The van der Waals surface area contributed by atoms with E-state index in [1.807, 2.05) is 0 Å². The van der Waals surface area contributed by atoms with E-state index in [-0.39, 0.29) is 17.4 Å². The molecule has 1 aromatic carbocycles. The van der Waals surface area contributed by atoms with Crippen molar-refractivity contribution in [3.8, 4) is 11.5 Å². The van der Waals surface area contributed by atoms with Crippen LogP contribution in [0.2, 0.25) is 0 Å². The minimum atomic E-state index is -2.89. The van der Waals surface area contributed by atoms with Gasteiger partial charge in [-0.3, -0.25) is 4.79 Å². The van der Waals surface area contributed by atoms with Gasteiger partial charge in [-0.1, -0.05) is 18.9 Å². The molecule has 1 aromatic rings. The fraction of sp³-hybridized carbons (Fsp3) is 0.562. The van der Waals surface area contributed by atoms with Gasteiger partial charge in [-0.05, 0) is 30.5 Å². The number of hydrogen-bond donors (Lipinski definition) is 1. The van der Waals surface area contributed by atoms with Crippen LogP contribution in [0.25, 0.3) is 0 Å². The number of halogens is 2. The third kappa shape index (κ3) is 5.89. The second-order valence-corrected chi connectivity index (χ2v) is 6.39. The van der Waals surface area contributed by atoms with E-state index in [0.29, 0.717) is 17.5 Å². The van der Waals surface area contributed by atoms with Gasteiger partial charge in [0.1, 0.15) is 0 Å². The molecule has 0 saturated heterocycles. The van der Waals surface area contributed by atoms with Crippen molar-refractivity contribution in [2.75, 3.05) is 12.9 Å². The van der Waals surface area contributed by atoms with E-state index < -0.39 is 6.61 Å². The Bertz CT molecular complexity index is 522. The van der Waals surface area contributed by atoms with Crippen LogP contribution in [-0.4, -0.2) is 31.4 Å². The minimum absolute atomic E-state index is 0.00947. The van der Waals surface area contributed by atoms with E-state index in [4.69, 9.17) is 4.74 Å². The molecule has 0 bridgehead atoms. The average Bonchev–Trinajstić information content (AvgIpc) is 3.01. The van der Waals surface area contributed by atoms with E-state index in [1.165, 1.54) is 37.8 Å². The van der Waals surface area contributed by atoms with Gasteiger partial charge in [0.25, 0.3) is 0 Å². The molecule has 1 amide bonds. The van der Waals surface area contributed by atoms with E-state index in [9.17, 15) is 13.6 Å². The highest BCUT2D eigenvalue weighted by atomic mass is 32.2. The first kappa shape index (κ1) is 17.8. The van der Waals surface area contributed by atoms with Gasteiger partial charge in [0, 0.05) is 11.8 Å². The molecule has 0 unspecified atom stereocenters. The van der Waals surface area contributed by atoms with Crippen LogP contribution in [-0.2, 0) is 10.5 Å². The first-order valence-corrected chi connectivity index (χ1v) is 8.73. The number of carbonyl (C=O) groups excluding carboxylic acids is 1. The highest BCUT2D eigenvalue weighted by Crippen LogP contribution is 2.30. The summed E-state index contributed by atoms with van der Waals surface area (Å²) in [5.74, 6) is 1.30. The summed E-state index contributed by atoms with van der Waals surface area (Å²) >= 11 is 1.48. The lowest BCUT2D eigenvalue weighted by molar-refractivity contribution is -0.119. The normalized spacial score (nSPS) is 15.0. The molecule has 1 aliphatic carbocycles. The number of alkyl halides is 2. The molecule has 4 nitrogen and oxygen atoms in total. The van der Waals surface area contributed by atoms with Crippen molar-refractivity contribution in [1.82, 2.24) is 5.32 Å². The first-order chi connectivity index (χ1) is 11.1. The SMILES string of the molecule is COc1cc(CSCC(=O)NC2CCCC2)ccc1OC(F)F. The van der Waals surface area contributed by atoms with E-state index in [2.05, 4.69) is 10.1 Å². The summed E-state index contributed by atoms with van der Waals surface area (Å²) in [5.41, 5.74) is 0.891. The van der Waals surface area contributed by atoms with Crippen LogP contribution in [0.15, 0.2) is 18.2 Å². The standard InChI is InChI=1S/C16H21F2NO3S/c1-21-14-8-11(6-7-13(14)22-16(17)18)9-23-10-15(20)19-12-4-2-3-5-12/h6-8,12,16H,2-5,9-10H2,1H3,(H,19,20). The highest BCUT2D eigenvalue weighted by Gasteiger charge is 2.17. The van der Waals surface area contributed by atoms with Gasteiger partial charge >= 0.3 is 6.61 Å². The number of carbonyl (C=O) groups is 1. The highest BCUT2D eigenvalue weighted by molar-refractivity contribution is 7.99. The number of amides is 1. The summed E-state index contributed by atoms with van der Waals surface area (Å²) < 4.78 is 34.0. The Morgan fingerprint density at radius 1 is 1.35 bits per heavy atom. The summed E-state index contributed by atoms with van der Waals surface area (Å²) in [5, 5.41) is 3.03.